The summed E-state index contributed by atoms with van der Waals surface area (Å²) < 4.78 is 5.35. The van der Waals surface area contributed by atoms with E-state index in [1.54, 1.807) is 0 Å². The molecule has 0 aromatic rings. The van der Waals surface area contributed by atoms with Crippen LogP contribution in [0, 0.1) is 12.3 Å². The van der Waals surface area contributed by atoms with Crippen LogP contribution in [0.1, 0.15) is 26.2 Å². The first-order valence-electron chi connectivity index (χ1n) is 4.60. The lowest BCUT2D eigenvalue weighted by Crippen LogP contribution is -2.41. The maximum Gasteiger partial charge on any atom is 0.0619 e. The van der Waals surface area contributed by atoms with E-state index in [1.165, 1.54) is 12.8 Å². The van der Waals surface area contributed by atoms with Crippen molar-refractivity contribution < 1.29 is 4.74 Å². The SMILES string of the molecule is C#CCC(C)NC1CCCOC1. The molecular formula is C10H17NO. The fourth-order valence-corrected chi connectivity index (χ4v) is 1.51. The largest absolute Gasteiger partial charge is 0.380 e. The summed E-state index contributed by atoms with van der Waals surface area (Å²) in [7, 11) is 0. The van der Waals surface area contributed by atoms with E-state index < -0.39 is 0 Å². The van der Waals surface area contributed by atoms with Crippen LogP contribution in [0.5, 0.6) is 0 Å². The number of terminal acetylenes is 1. The molecule has 1 rings (SSSR count). The molecule has 68 valence electrons. The number of hydrogen-bond acceptors (Lipinski definition) is 2. The van der Waals surface area contributed by atoms with Crippen LogP contribution >= 0.6 is 0 Å². The summed E-state index contributed by atoms with van der Waals surface area (Å²) in [4.78, 5) is 0. The molecule has 0 aromatic heterocycles. The number of hydrogen-bond donors (Lipinski definition) is 1. The molecular weight excluding hydrogens is 150 g/mol. The van der Waals surface area contributed by atoms with E-state index in [1.807, 2.05) is 0 Å². The topological polar surface area (TPSA) is 21.3 Å². The molecule has 12 heavy (non-hydrogen) atoms. The van der Waals surface area contributed by atoms with E-state index in [-0.39, 0.29) is 0 Å². The zero-order chi connectivity index (χ0) is 8.81. The van der Waals surface area contributed by atoms with Crippen LogP contribution in [0.2, 0.25) is 0 Å². The highest BCUT2D eigenvalue weighted by Gasteiger charge is 2.14. The van der Waals surface area contributed by atoms with Gasteiger partial charge in [-0.15, -0.1) is 12.3 Å². The van der Waals surface area contributed by atoms with E-state index in [0.29, 0.717) is 12.1 Å². The van der Waals surface area contributed by atoms with Crippen molar-refractivity contribution >= 4 is 0 Å². The molecule has 2 atom stereocenters. The van der Waals surface area contributed by atoms with Gasteiger partial charge in [0.2, 0.25) is 0 Å². The van der Waals surface area contributed by atoms with Gasteiger partial charge in [-0.3, -0.25) is 0 Å². The fourth-order valence-electron chi connectivity index (χ4n) is 1.51. The molecule has 1 saturated heterocycles. The lowest BCUT2D eigenvalue weighted by molar-refractivity contribution is 0.0673. The molecule has 2 heteroatoms. The lowest BCUT2D eigenvalue weighted by Gasteiger charge is -2.25. The van der Waals surface area contributed by atoms with Crippen LogP contribution in [-0.4, -0.2) is 25.3 Å². The highest BCUT2D eigenvalue weighted by molar-refractivity contribution is 4.89. The third-order valence-electron chi connectivity index (χ3n) is 2.10. The summed E-state index contributed by atoms with van der Waals surface area (Å²) in [5, 5.41) is 3.45. The van der Waals surface area contributed by atoms with Gasteiger partial charge in [0.05, 0.1) is 6.61 Å². The molecule has 1 aliphatic heterocycles. The Bertz CT molecular complexity index is 156. The Morgan fingerprint density at radius 2 is 2.58 bits per heavy atom. The van der Waals surface area contributed by atoms with Gasteiger partial charge >= 0.3 is 0 Å². The van der Waals surface area contributed by atoms with Crippen molar-refractivity contribution in [2.45, 2.75) is 38.3 Å². The molecule has 0 aliphatic carbocycles. The summed E-state index contributed by atoms with van der Waals surface area (Å²) in [6.07, 6.45) is 8.40. The van der Waals surface area contributed by atoms with Crippen molar-refractivity contribution in [2.75, 3.05) is 13.2 Å². The van der Waals surface area contributed by atoms with E-state index in [9.17, 15) is 0 Å². The minimum absolute atomic E-state index is 0.418. The molecule has 1 aliphatic rings. The van der Waals surface area contributed by atoms with Crippen molar-refractivity contribution in [1.29, 1.82) is 0 Å². The molecule has 0 spiro atoms. The van der Waals surface area contributed by atoms with E-state index in [4.69, 9.17) is 11.2 Å². The Balaban J connectivity index is 2.16. The van der Waals surface area contributed by atoms with E-state index >= 15 is 0 Å². The van der Waals surface area contributed by atoms with Crippen molar-refractivity contribution in [3.05, 3.63) is 0 Å². The monoisotopic (exact) mass is 167 g/mol. The molecule has 1 heterocycles. The predicted molar refractivity (Wildman–Crippen MR) is 49.9 cm³/mol. The molecule has 1 fully saturated rings. The maximum absolute atomic E-state index is 5.35. The van der Waals surface area contributed by atoms with Gasteiger partial charge in [0.25, 0.3) is 0 Å². The van der Waals surface area contributed by atoms with Gasteiger partial charge in [-0.25, -0.2) is 0 Å². The second-order valence-electron chi connectivity index (χ2n) is 3.39. The van der Waals surface area contributed by atoms with Gasteiger partial charge in [0.1, 0.15) is 0 Å². The van der Waals surface area contributed by atoms with Crippen LogP contribution in [0.25, 0.3) is 0 Å². The van der Waals surface area contributed by atoms with Crippen molar-refractivity contribution in [1.82, 2.24) is 5.32 Å². The van der Waals surface area contributed by atoms with Crippen molar-refractivity contribution in [3.8, 4) is 12.3 Å². The Morgan fingerprint density at radius 1 is 1.75 bits per heavy atom. The first-order chi connectivity index (χ1) is 5.83. The molecule has 0 saturated carbocycles. The van der Waals surface area contributed by atoms with Crippen LogP contribution in [-0.2, 0) is 4.74 Å². The Kier molecular flexibility index (Phi) is 4.13. The van der Waals surface area contributed by atoms with Crippen LogP contribution in [0.15, 0.2) is 0 Å². The Hall–Kier alpha value is -0.520. The van der Waals surface area contributed by atoms with Gasteiger partial charge in [0, 0.05) is 25.1 Å². The zero-order valence-corrected chi connectivity index (χ0v) is 7.68. The zero-order valence-electron chi connectivity index (χ0n) is 7.68. The fraction of sp³-hybridized carbons (Fsp3) is 0.800. The molecule has 2 nitrogen and oxygen atoms in total. The van der Waals surface area contributed by atoms with Crippen molar-refractivity contribution in [3.63, 3.8) is 0 Å². The molecule has 0 aromatic carbocycles. The first kappa shape index (κ1) is 9.57. The minimum Gasteiger partial charge on any atom is -0.380 e. The molecule has 0 amide bonds. The summed E-state index contributed by atoms with van der Waals surface area (Å²) in [6.45, 7) is 3.88. The average molecular weight is 167 g/mol. The van der Waals surface area contributed by atoms with Gasteiger partial charge < -0.3 is 10.1 Å². The third kappa shape index (κ3) is 3.25. The first-order valence-corrected chi connectivity index (χ1v) is 4.60. The van der Waals surface area contributed by atoms with E-state index in [2.05, 4.69) is 18.2 Å². The normalized spacial score (nSPS) is 26.2. The quantitative estimate of drug-likeness (QED) is 0.637. The molecule has 2 unspecified atom stereocenters. The second-order valence-corrected chi connectivity index (χ2v) is 3.39. The molecule has 1 N–H and O–H groups in total. The number of nitrogens with one attached hydrogen (secondary N) is 1. The number of rotatable bonds is 3. The Morgan fingerprint density at radius 3 is 3.17 bits per heavy atom. The van der Waals surface area contributed by atoms with E-state index in [0.717, 1.165) is 19.6 Å². The standard InChI is InChI=1S/C10H17NO/c1-3-5-9(2)11-10-6-4-7-12-8-10/h1,9-11H,4-8H2,2H3. The third-order valence-corrected chi connectivity index (χ3v) is 2.10. The average Bonchev–Trinajstić information content (AvgIpc) is 2.06. The van der Waals surface area contributed by atoms with Crippen LogP contribution < -0.4 is 5.32 Å². The van der Waals surface area contributed by atoms with Crippen molar-refractivity contribution in [2.24, 2.45) is 0 Å². The second kappa shape index (κ2) is 5.18. The van der Waals surface area contributed by atoms with Crippen LogP contribution in [0.4, 0.5) is 0 Å². The highest BCUT2D eigenvalue weighted by atomic mass is 16.5. The van der Waals surface area contributed by atoms with Crippen LogP contribution in [0.3, 0.4) is 0 Å². The lowest BCUT2D eigenvalue weighted by atomic mass is 10.1. The maximum atomic E-state index is 5.35. The smallest absolute Gasteiger partial charge is 0.0619 e. The summed E-state index contributed by atoms with van der Waals surface area (Å²) in [5.74, 6) is 2.65. The summed E-state index contributed by atoms with van der Waals surface area (Å²) in [5.41, 5.74) is 0. The van der Waals surface area contributed by atoms with Gasteiger partial charge in [-0.1, -0.05) is 0 Å². The Labute approximate surface area is 74.7 Å². The predicted octanol–water partition coefficient (Wildman–Crippen LogP) is 1.17. The highest BCUT2D eigenvalue weighted by Crippen LogP contribution is 2.07. The molecule has 0 bridgehead atoms. The minimum atomic E-state index is 0.418. The van der Waals surface area contributed by atoms with Gasteiger partial charge in [-0.05, 0) is 19.8 Å². The summed E-state index contributed by atoms with van der Waals surface area (Å²) >= 11 is 0. The van der Waals surface area contributed by atoms with Gasteiger partial charge in [0.15, 0.2) is 0 Å². The van der Waals surface area contributed by atoms with Gasteiger partial charge in [-0.2, -0.15) is 0 Å². The molecule has 0 radical (unpaired) electrons. The number of ether oxygens (including phenoxy) is 1. The summed E-state index contributed by atoms with van der Waals surface area (Å²) in [6, 6.07) is 0.934.